The molecule has 1 rings (SSSR count). The third-order valence-corrected chi connectivity index (χ3v) is 1.61. The average molecular weight is 239 g/mol. The molecule has 0 saturated heterocycles. The molecule has 0 radical (unpaired) electrons. The van der Waals surface area contributed by atoms with E-state index >= 15 is 0 Å². The lowest BCUT2D eigenvalue weighted by atomic mass is 10.4. The van der Waals surface area contributed by atoms with Gasteiger partial charge in [0, 0.05) is 0 Å². The number of hydrazone groups is 1. The van der Waals surface area contributed by atoms with Crippen molar-refractivity contribution in [1.82, 2.24) is 9.97 Å². The number of nitro groups is 1. The van der Waals surface area contributed by atoms with Gasteiger partial charge in [-0.3, -0.25) is 5.43 Å². The monoisotopic (exact) mass is 239 g/mol. The molecule has 0 amide bonds. The van der Waals surface area contributed by atoms with Crippen LogP contribution in [0.5, 0.6) is 0 Å². The lowest BCUT2D eigenvalue weighted by Crippen LogP contribution is -2.20. The summed E-state index contributed by atoms with van der Waals surface area (Å²) in [7, 11) is 0. The van der Waals surface area contributed by atoms with E-state index in [1.165, 1.54) is 0 Å². The number of nitriles is 1. The Morgan fingerprint density at radius 2 is 2.56 bits per heavy atom. The Labute approximate surface area is 94.1 Å². The van der Waals surface area contributed by atoms with Gasteiger partial charge in [0.2, 0.25) is 5.82 Å². The molecule has 1 aromatic heterocycles. The van der Waals surface area contributed by atoms with E-state index in [1.807, 2.05) is 0 Å². The third-order valence-electron chi connectivity index (χ3n) is 1.41. The van der Waals surface area contributed by atoms with Crippen molar-refractivity contribution in [2.24, 2.45) is 10.8 Å². The number of hydrogen-bond acceptors (Lipinski definition) is 7. The van der Waals surface area contributed by atoms with Gasteiger partial charge in [-0.15, -0.1) is 0 Å². The molecular formula is C6H5N7O2S. The van der Waals surface area contributed by atoms with Crippen LogP contribution < -0.4 is 11.2 Å². The lowest BCUT2D eigenvalue weighted by Gasteiger charge is -1.97. The molecule has 0 atom stereocenters. The number of hydrogen-bond donors (Lipinski definition) is 3. The highest BCUT2D eigenvalue weighted by Gasteiger charge is 2.14. The topological polar surface area (TPSA) is 146 Å². The number of aromatic amines is 1. The summed E-state index contributed by atoms with van der Waals surface area (Å²) >= 11 is 4.52. The Morgan fingerprint density at radius 1 is 1.88 bits per heavy atom. The number of nitrogens with two attached hydrogens (primary N) is 1. The number of rotatable bonds is 4. The summed E-state index contributed by atoms with van der Waals surface area (Å²) in [5.41, 5.74) is 7.14. The normalized spacial score (nSPS) is 10.6. The van der Waals surface area contributed by atoms with Crippen LogP contribution in [0.15, 0.2) is 11.4 Å². The van der Waals surface area contributed by atoms with Crippen molar-refractivity contribution in [3.05, 3.63) is 16.4 Å². The molecule has 0 spiro atoms. The summed E-state index contributed by atoms with van der Waals surface area (Å²) in [6, 6.07) is 1.63. The lowest BCUT2D eigenvalue weighted by molar-refractivity contribution is -0.388. The summed E-state index contributed by atoms with van der Waals surface area (Å²) in [6.45, 7) is 0. The van der Waals surface area contributed by atoms with Crippen LogP contribution in [0.3, 0.4) is 0 Å². The van der Waals surface area contributed by atoms with E-state index in [4.69, 9.17) is 11.0 Å². The molecule has 82 valence electrons. The Balaban J connectivity index is 2.90. The first kappa shape index (κ1) is 11.5. The van der Waals surface area contributed by atoms with Crippen molar-refractivity contribution in [1.29, 1.82) is 5.26 Å². The predicted molar refractivity (Wildman–Crippen MR) is 58.7 cm³/mol. The van der Waals surface area contributed by atoms with Crippen LogP contribution in [0.2, 0.25) is 0 Å². The van der Waals surface area contributed by atoms with E-state index < -0.39 is 4.92 Å². The number of nitrogens with one attached hydrogen (secondary N) is 2. The molecule has 1 aromatic rings. The Morgan fingerprint density at radius 3 is 3.06 bits per heavy atom. The first-order chi connectivity index (χ1) is 7.56. The second-order valence-corrected chi connectivity index (χ2v) is 2.84. The van der Waals surface area contributed by atoms with Crippen LogP contribution in [0, 0.1) is 21.4 Å². The van der Waals surface area contributed by atoms with Gasteiger partial charge in [0.25, 0.3) is 0 Å². The van der Waals surface area contributed by atoms with Gasteiger partial charge in [0.1, 0.15) is 11.1 Å². The van der Waals surface area contributed by atoms with E-state index in [9.17, 15) is 10.1 Å². The highest BCUT2D eigenvalue weighted by Crippen LogP contribution is 2.17. The number of imidazole rings is 1. The van der Waals surface area contributed by atoms with Gasteiger partial charge in [0.05, 0.1) is 0 Å². The number of nitrogens with zero attached hydrogens (tertiary/aromatic N) is 4. The highest BCUT2D eigenvalue weighted by atomic mass is 32.1. The van der Waals surface area contributed by atoms with Gasteiger partial charge in [-0.1, -0.05) is 12.2 Å². The van der Waals surface area contributed by atoms with Gasteiger partial charge in [-0.05, 0) is 4.92 Å². The smallest absolute Gasteiger partial charge is 0.366 e. The van der Waals surface area contributed by atoms with Crippen LogP contribution in [-0.2, 0) is 0 Å². The maximum atomic E-state index is 10.5. The molecule has 0 aliphatic carbocycles. The summed E-state index contributed by atoms with van der Waals surface area (Å²) in [5.74, 6) is -0.502. The zero-order valence-corrected chi connectivity index (χ0v) is 8.48. The first-order valence-electron chi connectivity index (χ1n) is 3.77. The maximum absolute atomic E-state index is 10.5. The van der Waals surface area contributed by atoms with E-state index in [2.05, 4.69) is 32.7 Å². The van der Waals surface area contributed by atoms with E-state index in [1.54, 1.807) is 6.07 Å². The van der Waals surface area contributed by atoms with Gasteiger partial charge in [-0.2, -0.15) is 15.3 Å². The van der Waals surface area contributed by atoms with Crippen molar-refractivity contribution in [3.8, 4) is 6.07 Å². The average Bonchev–Trinajstić information content (AvgIpc) is 2.66. The Hall–Kier alpha value is -2.54. The first-order valence-corrected chi connectivity index (χ1v) is 4.18. The van der Waals surface area contributed by atoms with Crippen LogP contribution in [0.4, 0.5) is 11.6 Å². The fourth-order valence-electron chi connectivity index (χ4n) is 0.753. The molecule has 0 unspecified atom stereocenters. The molecule has 9 nitrogen and oxygen atoms in total. The largest absolute Gasteiger partial charge is 0.387 e. The molecule has 0 aliphatic heterocycles. The van der Waals surface area contributed by atoms with Gasteiger partial charge in [-0.25, -0.2) is 4.98 Å². The standard InChI is InChI=1S/C6H5N7O2S/c7-1-3(4(8)16)11-12-5-6(13(14)15)10-2-9-5/h2,12H,(H2,8,16)(H,9,10)/b11-3+. The minimum absolute atomic E-state index is 0.131. The van der Waals surface area contributed by atoms with Crippen molar-refractivity contribution in [3.63, 3.8) is 0 Å². The third kappa shape index (κ3) is 2.49. The van der Waals surface area contributed by atoms with Crippen LogP contribution in [-0.4, -0.2) is 25.6 Å². The minimum atomic E-state index is -0.683. The van der Waals surface area contributed by atoms with Crippen molar-refractivity contribution >= 4 is 34.6 Å². The summed E-state index contributed by atoms with van der Waals surface area (Å²) < 4.78 is 0. The van der Waals surface area contributed by atoms with Crippen LogP contribution >= 0.6 is 12.2 Å². The molecule has 0 bridgehead atoms. The Bertz CT molecular complexity index is 499. The fraction of sp³-hybridized carbons (Fsp3) is 0. The maximum Gasteiger partial charge on any atom is 0.366 e. The van der Waals surface area contributed by atoms with Gasteiger partial charge in [0.15, 0.2) is 12.0 Å². The minimum Gasteiger partial charge on any atom is -0.387 e. The van der Waals surface area contributed by atoms with Crippen molar-refractivity contribution in [2.45, 2.75) is 0 Å². The second kappa shape index (κ2) is 4.80. The number of thiocarbonyl (C=S) groups is 1. The van der Waals surface area contributed by atoms with Gasteiger partial charge >= 0.3 is 5.82 Å². The molecule has 10 heteroatoms. The summed E-state index contributed by atoms with van der Waals surface area (Å²) in [4.78, 5) is 15.4. The predicted octanol–water partition coefficient (Wildman–Crippen LogP) is -0.105. The van der Waals surface area contributed by atoms with E-state index in [0.717, 1.165) is 6.33 Å². The molecule has 0 fully saturated rings. The van der Waals surface area contributed by atoms with Crippen LogP contribution in [0.1, 0.15) is 0 Å². The summed E-state index contributed by atoms with van der Waals surface area (Å²) in [6.07, 6.45) is 1.11. The van der Waals surface area contributed by atoms with Crippen molar-refractivity contribution < 1.29 is 4.92 Å². The molecule has 1 heterocycles. The zero-order chi connectivity index (χ0) is 12.1. The number of H-pyrrole nitrogens is 1. The van der Waals surface area contributed by atoms with Gasteiger partial charge < -0.3 is 15.8 Å². The van der Waals surface area contributed by atoms with E-state index in [-0.39, 0.29) is 22.3 Å². The molecule has 16 heavy (non-hydrogen) atoms. The highest BCUT2D eigenvalue weighted by molar-refractivity contribution is 7.82. The number of anilines is 1. The molecule has 0 saturated carbocycles. The zero-order valence-electron chi connectivity index (χ0n) is 7.67. The fourth-order valence-corrected chi connectivity index (χ4v) is 0.844. The number of aromatic nitrogens is 2. The summed E-state index contributed by atoms with van der Waals surface area (Å²) in [5, 5.41) is 22.5. The van der Waals surface area contributed by atoms with E-state index in [0.29, 0.717) is 0 Å². The molecule has 4 N–H and O–H groups in total. The Kier molecular flexibility index (Phi) is 3.46. The SMILES string of the molecule is N#C/C(=N\Nc1nc[nH]c1[N+](=O)[O-])C(N)=S. The van der Waals surface area contributed by atoms with Crippen molar-refractivity contribution in [2.75, 3.05) is 5.43 Å². The molecular weight excluding hydrogens is 234 g/mol. The quantitative estimate of drug-likeness (QED) is 0.287. The second-order valence-electron chi connectivity index (χ2n) is 2.41. The molecule has 0 aliphatic rings. The molecule has 0 aromatic carbocycles. The van der Waals surface area contributed by atoms with Crippen LogP contribution in [0.25, 0.3) is 0 Å².